The van der Waals surface area contributed by atoms with E-state index in [2.05, 4.69) is 0 Å². The van der Waals surface area contributed by atoms with E-state index in [1.54, 1.807) is 4.90 Å². The molecule has 0 bridgehead atoms. The zero-order chi connectivity index (χ0) is 16.4. The van der Waals surface area contributed by atoms with Crippen molar-refractivity contribution in [2.75, 3.05) is 6.54 Å². The quantitative estimate of drug-likeness (QED) is 0.939. The highest BCUT2D eigenvalue weighted by molar-refractivity contribution is 5.86. The first kappa shape index (κ1) is 15.6. The van der Waals surface area contributed by atoms with Gasteiger partial charge in [0.1, 0.15) is 11.3 Å². The second kappa shape index (κ2) is 6.44. The molecule has 1 aromatic carbocycles. The average Bonchev–Trinajstić information content (AvgIpc) is 2.97. The number of furan rings is 1. The first-order valence-corrected chi connectivity index (χ1v) is 8.07. The minimum atomic E-state index is -0.855. The standard InChI is InChI=1S/C18H21NO4/c1-12(16-10-13-6-2-3-8-15(13)23-16)18(22)19-9-5-4-7-14(19)11-17(20)21/h2-3,6,8,10,12,14H,4-5,7,9,11H2,1H3,(H,20,21). The van der Waals surface area contributed by atoms with Gasteiger partial charge in [0.2, 0.25) is 5.91 Å². The predicted octanol–water partition coefficient (Wildman–Crippen LogP) is 3.39. The Bertz CT molecular complexity index is 688. The zero-order valence-electron chi connectivity index (χ0n) is 13.2. The Balaban J connectivity index is 1.80. The molecule has 2 aromatic rings. The van der Waals surface area contributed by atoms with E-state index in [0.29, 0.717) is 12.3 Å². The molecule has 1 saturated heterocycles. The van der Waals surface area contributed by atoms with Crippen LogP contribution < -0.4 is 0 Å². The number of hydrogen-bond acceptors (Lipinski definition) is 3. The number of aliphatic carboxylic acids is 1. The van der Waals surface area contributed by atoms with E-state index in [1.165, 1.54) is 0 Å². The molecule has 5 heteroatoms. The molecule has 2 unspecified atom stereocenters. The number of likely N-dealkylation sites (tertiary alicyclic amines) is 1. The van der Waals surface area contributed by atoms with Crippen molar-refractivity contribution in [1.29, 1.82) is 0 Å². The van der Waals surface area contributed by atoms with E-state index in [-0.39, 0.29) is 18.4 Å². The first-order chi connectivity index (χ1) is 11.1. The topological polar surface area (TPSA) is 70.8 Å². The Morgan fingerprint density at radius 2 is 2.13 bits per heavy atom. The molecule has 2 atom stereocenters. The van der Waals surface area contributed by atoms with Crippen molar-refractivity contribution in [3.05, 3.63) is 36.1 Å². The molecule has 0 radical (unpaired) electrons. The summed E-state index contributed by atoms with van der Waals surface area (Å²) in [5.74, 6) is -0.672. The van der Waals surface area contributed by atoms with Crippen LogP contribution >= 0.6 is 0 Å². The maximum absolute atomic E-state index is 12.8. The Kier molecular flexibility index (Phi) is 4.37. The van der Waals surface area contributed by atoms with Gasteiger partial charge < -0.3 is 14.4 Å². The number of carboxylic acids is 1. The van der Waals surface area contributed by atoms with Crippen molar-refractivity contribution in [1.82, 2.24) is 4.90 Å². The van der Waals surface area contributed by atoms with Crippen LogP contribution in [0.5, 0.6) is 0 Å². The summed E-state index contributed by atoms with van der Waals surface area (Å²) in [5.41, 5.74) is 0.767. The minimum absolute atomic E-state index is 0.0125. The molecule has 0 saturated carbocycles. The molecule has 1 N–H and O–H groups in total. The van der Waals surface area contributed by atoms with Crippen molar-refractivity contribution in [2.24, 2.45) is 0 Å². The second-order valence-electron chi connectivity index (χ2n) is 6.19. The smallest absolute Gasteiger partial charge is 0.305 e. The van der Waals surface area contributed by atoms with Gasteiger partial charge in [-0.25, -0.2) is 0 Å². The maximum atomic E-state index is 12.8. The van der Waals surface area contributed by atoms with Crippen molar-refractivity contribution in [3.8, 4) is 0 Å². The van der Waals surface area contributed by atoms with E-state index < -0.39 is 11.9 Å². The van der Waals surface area contributed by atoms with Gasteiger partial charge >= 0.3 is 5.97 Å². The van der Waals surface area contributed by atoms with Crippen LogP contribution in [-0.2, 0) is 9.59 Å². The van der Waals surface area contributed by atoms with E-state index in [9.17, 15) is 9.59 Å². The highest BCUT2D eigenvalue weighted by Crippen LogP contribution is 2.29. The summed E-state index contributed by atoms with van der Waals surface area (Å²) in [6, 6.07) is 9.35. The Morgan fingerprint density at radius 3 is 2.87 bits per heavy atom. The molecule has 0 spiro atoms. The van der Waals surface area contributed by atoms with Crippen molar-refractivity contribution < 1.29 is 19.1 Å². The molecule has 2 heterocycles. The third-order valence-corrected chi connectivity index (χ3v) is 4.56. The largest absolute Gasteiger partial charge is 0.481 e. The molecule has 5 nitrogen and oxygen atoms in total. The van der Waals surface area contributed by atoms with Crippen LogP contribution in [0.1, 0.15) is 44.3 Å². The number of fused-ring (bicyclic) bond motifs is 1. The highest BCUT2D eigenvalue weighted by atomic mass is 16.4. The predicted molar refractivity (Wildman–Crippen MR) is 86.2 cm³/mol. The number of nitrogens with zero attached hydrogens (tertiary/aromatic N) is 1. The van der Waals surface area contributed by atoms with Gasteiger partial charge in [-0.15, -0.1) is 0 Å². The lowest BCUT2D eigenvalue weighted by atomic mass is 9.96. The molecule has 1 aliphatic heterocycles. The van der Waals surface area contributed by atoms with Gasteiger partial charge in [-0.2, -0.15) is 0 Å². The molecular weight excluding hydrogens is 294 g/mol. The van der Waals surface area contributed by atoms with Crippen LogP contribution in [0.4, 0.5) is 0 Å². The van der Waals surface area contributed by atoms with Crippen LogP contribution in [0.3, 0.4) is 0 Å². The molecule has 1 aliphatic rings. The van der Waals surface area contributed by atoms with Crippen molar-refractivity contribution >= 4 is 22.8 Å². The average molecular weight is 315 g/mol. The van der Waals surface area contributed by atoms with Gasteiger partial charge in [0, 0.05) is 18.0 Å². The molecule has 23 heavy (non-hydrogen) atoms. The van der Waals surface area contributed by atoms with Gasteiger partial charge in [-0.3, -0.25) is 9.59 Å². The lowest BCUT2D eigenvalue weighted by molar-refractivity contribution is -0.142. The van der Waals surface area contributed by atoms with Crippen LogP contribution in [0, 0.1) is 0 Å². The van der Waals surface area contributed by atoms with Crippen LogP contribution in [0.15, 0.2) is 34.7 Å². The normalized spacial score (nSPS) is 19.7. The lowest BCUT2D eigenvalue weighted by Gasteiger charge is -2.36. The highest BCUT2D eigenvalue weighted by Gasteiger charge is 2.32. The Labute approximate surface area is 134 Å². The minimum Gasteiger partial charge on any atom is -0.481 e. The summed E-state index contributed by atoms with van der Waals surface area (Å²) in [6.45, 7) is 2.45. The van der Waals surface area contributed by atoms with Crippen molar-refractivity contribution in [2.45, 2.75) is 44.6 Å². The van der Waals surface area contributed by atoms with Crippen LogP contribution in [0.25, 0.3) is 11.0 Å². The monoisotopic (exact) mass is 315 g/mol. The van der Waals surface area contributed by atoms with Gasteiger partial charge in [0.05, 0.1) is 12.3 Å². The maximum Gasteiger partial charge on any atom is 0.305 e. The van der Waals surface area contributed by atoms with Gasteiger partial charge in [0.15, 0.2) is 0 Å². The Hall–Kier alpha value is -2.30. The number of rotatable bonds is 4. The molecule has 1 fully saturated rings. The van der Waals surface area contributed by atoms with Crippen LogP contribution in [-0.4, -0.2) is 34.5 Å². The molecular formula is C18H21NO4. The number of carbonyl (C=O) groups is 2. The van der Waals surface area contributed by atoms with E-state index in [0.717, 1.165) is 30.2 Å². The summed E-state index contributed by atoms with van der Waals surface area (Å²) in [6.07, 6.45) is 2.67. The third kappa shape index (κ3) is 3.23. The van der Waals surface area contributed by atoms with E-state index >= 15 is 0 Å². The fraction of sp³-hybridized carbons (Fsp3) is 0.444. The van der Waals surface area contributed by atoms with Crippen LogP contribution in [0.2, 0.25) is 0 Å². The lowest BCUT2D eigenvalue weighted by Crippen LogP contribution is -2.46. The van der Waals surface area contributed by atoms with Gasteiger partial charge in [0.25, 0.3) is 0 Å². The number of carbonyl (C=O) groups excluding carboxylic acids is 1. The summed E-state index contributed by atoms with van der Waals surface area (Å²) in [5, 5.41) is 10.0. The molecule has 3 rings (SSSR count). The second-order valence-corrected chi connectivity index (χ2v) is 6.19. The fourth-order valence-electron chi connectivity index (χ4n) is 3.29. The summed E-state index contributed by atoms with van der Waals surface area (Å²) in [4.78, 5) is 25.6. The molecule has 122 valence electrons. The number of amides is 1. The first-order valence-electron chi connectivity index (χ1n) is 8.07. The number of para-hydroxylation sites is 1. The van der Waals surface area contributed by atoms with Crippen molar-refractivity contribution in [3.63, 3.8) is 0 Å². The molecule has 1 aromatic heterocycles. The molecule has 0 aliphatic carbocycles. The van der Waals surface area contributed by atoms with Gasteiger partial charge in [-0.05, 0) is 38.3 Å². The van der Waals surface area contributed by atoms with E-state index in [1.807, 2.05) is 37.3 Å². The molecule has 1 amide bonds. The fourth-order valence-corrected chi connectivity index (χ4v) is 3.29. The SMILES string of the molecule is CC(C(=O)N1CCCCC1CC(=O)O)c1cc2ccccc2o1. The zero-order valence-corrected chi connectivity index (χ0v) is 13.2. The third-order valence-electron chi connectivity index (χ3n) is 4.56. The summed E-state index contributed by atoms with van der Waals surface area (Å²) < 4.78 is 5.79. The number of benzene rings is 1. The summed E-state index contributed by atoms with van der Waals surface area (Å²) >= 11 is 0. The summed E-state index contributed by atoms with van der Waals surface area (Å²) in [7, 11) is 0. The van der Waals surface area contributed by atoms with E-state index in [4.69, 9.17) is 9.52 Å². The van der Waals surface area contributed by atoms with Gasteiger partial charge in [-0.1, -0.05) is 18.2 Å². The Morgan fingerprint density at radius 1 is 1.35 bits per heavy atom. The number of piperidine rings is 1. The number of hydrogen-bond donors (Lipinski definition) is 1. The number of carboxylic acid groups (broad SMARTS) is 1.